The van der Waals surface area contributed by atoms with Gasteiger partial charge in [-0.05, 0) is 86.6 Å². The SMILES string of the molecule is CCCC1CCCCN1C(=O)c1cccc(C(=O)N[C@@H](Cc2ccccc2)[C@@H](N)C[C@@H](C)C(=O)Nc2ccc(F)cc2)c1. The summed E-state index contributed by atoms with van der Waals surface area (Å²) in [4.78, 5) is 41.9. The smallest absolute Gasteiger partial charge is 0.254 e. The summed E-state index contributed by atoms with van der Waals surface area (Å²) in [7, 11) is 0. The molecule has 1 aliphatic heterocycles. The van der Waals surface area contributed by atoms with Crippen LogP contribution in [0.5, 0.6) is 0 Å². The second kappa shape index (κ2) is 15.4. The van der Waals surface area contributed by atoms with Crippen LogP contribution in [0.1, 0.15) is 78.7 Å². The normalized spacial score (nSPS) is 17.0. The molecule has 3 amide bonds. The number of hydrogen-bond donors (Lipinski definition) is 3. The first kappa shape index (κ1) is 31.9. The molecule has 8 heteroatoms. The van der Waals surface area contributed by atoms with Gasteiger partial charge in [-0.1, -0.05) is 56.7 Å². The minimum atomic E-state index is -0.536. The predicted molar refractivity (Wildman–Crippen MR) is 168 cm³/mol. The van der Waals surface area contributed by atoms with Gasteiger partial charge in [0.15, 0.2) is 0 Å². The minimum absolute atomic E-state index is 0.0358. The largest absolute Gasteiger partial charge is 0.347 e. The zero-order valence-electron chi connectivity index (χ0n) is 25.1. The van der Waals surface area contributed by atoms with Crippen LogP contribution < -0.4 is 16.4 Å². The summed E-state index contributed by atoms with van der Waals surface area (Å²) in [6.07, 6.45) is 5.93. The van der Waals surface area contributed by atoms with Gasteiger partial charge in [0.05, 0.1) is 0 Å². The molecule has 1 saturated heterocycles. The van der Waals surface area contributed by atoms with Crippen LogP contribution in [0.4, 0.5) is 10.1 Å². The third-order valence-electron chi connectivity index (χ3n) is 8.20. The summed E-state index contributed by atoms with van der Waals surface area (Å²) >= 11 is 0. The van der Waals surface area contributed by atoms with E-state index in [4.69, 9.17) is 5.73 Å². The number of hydrogen-bond acceptors (Lipinski definition) is 4. The van der Waals surface area contributed by atoms with Crippen molar-refractivity contribution >= 4 is 23.4 Å². The third-order valence-corrected chi connectivity index (χ3v) is 8.20. The molecule has 43 heavy (non-hydrogen) atoms. The molecule has 1 unspecified atom stereocenters. The molecule has 7 nitrogen and oxygen atoms in total. The van der Waals surface area contributed by atoms with Crippen LogP contribution in [0.15, 0.2) is 78.9 Å². The quantitative estimate of drug-likeness (QED) is 0.244. The van der Waals surface area contributed by atoms with Crippen molar-refractivity contribution in [3.05, 3.63) is 101 Å². The number of piperidine rings is 1. The number of carbonyl (C=O) groups excluding carboxylic acids is 3. The number of carbonyl (C=O) groups is 3. The Bertz CT molecular complexity index is 1360. The lowest BCUT2D eigenvalue weighted by Crippen LogP contribution is -2.50. The first-order valence-corrected chi connectivity index (χ1v) is 15.3. The number of likely N-dealkylation sites (tertiary alicyclic amines) is 1. The number of benzene rings is 3. The van der Waals surface area contributed by atoms with E-state index in [1.165, 1.54) is 24.3 Å². The Labute approximate surface area is 254 Å². The highest BCUT2D eigenvalue weighted by atomic mass is 19.1. The molecule has 4 atom stereocenters. The van der Waals surface area contributed by atoms with Crippen LogP contribution in [-0.2, 0) is 11.2 Å². The average Bonchev–Trinajstić information content (AvgIpc) is 3.02. The van der Waals surface area contributed by atoms with E-state index in [-0.39, 0.29) is 29.6 Å². The Hall–Kier alpha value is -4.04. The van der Waals surface area contributed by atoms with E-state index in [0.717, 1.165) is 44.2 Å². The van der Waals surface area contributed by atoms with Crippen LogP contribution >= 0.6 is 0 Å². The van der Waals surface area contributed by atoms with Gasteiger partial charge < -0.3 is 21.3 Å². The number of rotatable bonds is 12. The summed E-state index contributed by atoms with van der Waals surface area (Å²) in [6, 6.07) is 21.4. The van der Waals surface area contributed by atoms with E-state index in [2.05, 4.69) is 17.6 Å². The molecule has 3 aromatic rings. The number of halogens is 1. The monoisotopic (exact) mass is 586 g/mol. The molecule has 0 saturated carbocycles. The number of nitrogens with zero attached hydrogens (tertiary/aromatic N) is 1. The van der Waals surface area contributed by atoms with Gasteiger partial charge in [-0.15, -0.1) is 0 Å². The van der Waals surface area contributed by atoms with Crippen LogP contribution in [0.25, 0.3) is 0 Å². The van der Waals surface area contributed by atoms with Gasteiger partial charge in [0, 0.05) is 47.4 Å². The van der Waals surface area contributed by atoms with Crippen LogP contribution in [0.3, 0.4) is 0 Å². The van der Waals surface area contributed by atoms with Gasteiger partial charge in [0.25, 0.3) is 11.8 Å². The highest BCUT2D eigenvalue weighted by molar-refractivity contribution is 6.00. The van der Waals surface area contributed by atoms with E-state index in [1.807, 2.05) is 35.2 Å². The first-order chi connectivity index (χ1) is 20.7. The minimum Gasteiger partial charge on any atom is -0.347 e. The summed E-state index contributed by atoms with van der Waals surface area (Å²) in [5.74, 6) is -1.44. The van der Waals surface area contributed by atoms with Crippen molar-refractivity contribution in [1.29, 1.82) is 0 Å². The van der Waals surface area contributed by atoms with Crippen molar-refractivity contribution in [1.82, 2.24) is 10.2 Å². The number of amides is 3. The van der Waals surface area contributed by atoms with Gasteiger partial charge in [-0.3, -0.25) is 14.4 Å². The Kier molecular flexibility index (Phi) is 11.4. The lowest BCUT2D eigenvalue weighted by atomic mass is 9.91. The molecule has 4 N–H and O–H groups in total. The van der Waals surface area contributed by atoms with Crippen molar-refractivity contribution in [2.75, 3.05) is 11.9 Å². The predicted octanol–water partition coefficient (Wildman–Crippen LogP) is 5.95. The zero-order chi connectivity index (χ0) is 30.8. The first-order valence-electron chi connectivity index (χ1n) is 15.3. The topological polar surface area (TPSA) is 105 Å². The molecule has 4 rings (SSSR count). The molecule has 0 radical (unpaired) electrons. The Morgan fingerprint density at radius 1 is 0.977 bits per heavy atom. The number of anilines is 1. The molecular formula is C35H43FN4O3. The van der Waals surface area contributed by atoms with Crippen LogP contribution in [0.2, 0.25) is 0 Å². The summed E-state index contributed by atoms with van der Waals surface area (Å²) in [5.41, 5.74) is 9.06. The molecule has 0 aromatic heterocycles. The van der Waals surface area contributed by atoms with Crippen molar-refractivity contribution in [2.24, 2.45) is 11.7 Å². The molecule has 1 aliphatic rings. The molecule has 0 bridgehead atoms. The number of nitrogens with two attached hydrogens (primary N) is 1. The van der Waals surface area contributed by atoms with E-state index >= 15 is 0 Å². The van der Waals surface area contributed by atoms with E-state index in [1.54, 1.807) is 31.2 Å². The lowest BCUT2D eigenvalue weighted by Gasteiger charge is -2.36. The highest BCUT2D eigenvalue weighted by Gasteiger charge is 2.28. The van der Waals surface area contributed by atoms with E-state index in [9.17, 15) is 18.8 Å². The molecule has 3 aromatic carbocycles. The molecule has 0 aliphatic carbocycles. The fraction of sp³-hybridized carbons (Fsp3) is 0.400. The van der Waals surface area contributed by atoms with Gasteiger partial charge >= 0.3 is 0 Å². The highest BCUT2D eigenvalue weighted by Crippen LogP contribution is 2.24. The summed E-state index contributed by atoms with van der Waals surface area (Å²) in [6.45, 7) is 4.65. The molecular weight excluding hydrogens is 543 g/mol. The fourth-order valence-corrected chi connectivity index (χ4v) is 5.77. The van der Waals surface area contributed by atoms with Crippen LogP contribution in [-0.4, -0.2) is 47.3 Å². The van der Waals surface area contributed by atoms with E-state index < -0.39 is 18.0 Å². The van der Waals surface area contributed by atoms with Gasteiger partial charge in [-0.2, -0.15) is 0 Å². The molecule has 0 spiro atoms. The van der Waals surface area contributed by atoms with Gasteiger partial charge in [0.1, 0.15) is 5.82 Å². The van der Waals surface area contributed by atoms with Gasteiger partial charge in [0.2, 0.25) is 5.91 Å². The van der Waals surface area contributed by atoms with E-state index in [0.29, 0.717) is 29.7 Å². The van der Waals surface area contributed by atoms with Crippen molar-refractivity contribution in [3.8, 4) is 0 Å². The summed E-state index contributed by atoms with van der Waals surface area (Å²) < 4.78 is 13.3. The molecule has 1 fully saturated rings. The lowest BCUT2D eigenvalue weighted by molar-refractivity contribution is -0.119. The Morgan fingerprint density at radius 2 is 1.70 bits per heavy atom. The van der Waals surface area contributed by atoms with Crippen molar-refractivity contribution < 1.29 is 18.8 Å². The van der Waals surface area contributed by atoms with Crippen molar-refractivity contribution in [3.63, 3.8) is 0 Å². The molecule has 1 heterocycles. The second-order valence-electron chi connectivity index (χ2n) is 11.6. The summed E-state index contributed by atoms with van der Waals surface area (Å²) in [5, 5.41) is 5.89. The van der Waals surface area contributed by atoms with Crippen LogP contribution in [0, 0.1) is 11.7 Å². The maximum Gasteiger partial charge on any atom is 0.254 e. The van der Waals surface area contributed by atoms with Crippen molar-refractivity contribution in [2.45, 2.75) is 76.9 Å². The zero-order valence-corrected chi connectivity index (χ0v) is 25.1. The maximum atomic E-state index is 13.6. The fourth-order valence-electron chi connectivity index (χ4n) is 5.77. The number of nitrogens with one attached hydrogen (secondary N) is 2. The second-order valence-corrected chi connectivity index (χ2v) is 11.6. The maximum absolute atomic E-state index is 13.6. The third kappa shape index (κ3) is 8.97. The Balaban J connectivity index is 1.46. The average molecular weight is 587 g/mol. The standard InChI is InChI=1S/C35H43FN4O3/c1-3-10-30-15-7-8-20-40(30)35(43)27-14-9-13-26(23-27)34(42)39-32(22-25-11-5-4-6-12-25)31(37)21-24(2)33(41)38-29-18-16-28(36)17-19-29/h4-6,9,11-14,16-19,23-24,30-32H,3,7-8,10,15,20-22,37H2,1-2H3,(H,38,41)(H,39,42)/t24-,30?,31+,32+/m1/s1. The molecule has 228 valence electrons. The Morgan fingerprint density at radius 3 is 2.42 bits per heavy atom. The van der Waals surface area contributed by atoms with Gasteiger partial charge in [-0.25, -0.2) is 4.39 Å².